The van der Waals surface area contributed by atoms with E-state index in [-0.39, 0.29) is 16.7 Å². The molecule has 0 saturated carbocycles. The molecular weight excluding hydrogens is 424 g/mol. The van der Waals surface area contributed by atoms with Crippen molar-refractivity contribution in [3.05, 3.63) is 76.6 Å². The van der Waals surface area contributed by atoms with Crippen LogP contribution < -0.4 is 10.0 Å². The maximum Gasteiger partial charge on any atom is 0.261 e. The fraction of sp³-hybridized carbons (Fsp3) is 0.333. The highest BCUT2D eigenvalue weighted by atomic mass is 32.2. The van der Waals surface area contributed by atoms with Gasteiger partial charge in [-0.1, -0.05) is 25.1 Å². The van der Waals surface area contributed by atoms with Crippen LogP contribution in [0.15, 0.2) is 53.4 Å². The Bertz CT molecular complexity index is 1230. The number of nitrogens with one attached hydrogen (secondary N) is 2. The smallest absolute Gasteiger partial charge is 0.261 e. The summed E-state index contributed by atoms with van der Waals surface area (Å²) in [5.41, 5.74) is 4.53. The van der Waals surface area contributed by atoms with Crippen molar-refractivity contribution in [2.45, 2.75) is 46.1 Å². The van der Waals surface area contributed by atoms with E-state index in [9.17, 15) is 13.2 Å². The quantitative estimate of drug-likeness (QED) is 0.538. The molecule has 0 fully saturated rings. The molecule has 1 atom stereocenters. The van der Waals surface area contributed by atoms with E-state index in [1.54, 1.807) is 31.2 Å². The maximum absolute atomic E-state index is 12.8. The molecule has 0 radical (unpaired) electrons. The second-order valence-electron chi connectivity index (χ2n) is 8.38. The molecule has 0 aliphatic heterocycles. The zero-order chi connectivity index (χ0) is 23.5. The summed E-state index contributed by atoms with van der Waals surface area (Å²) in [6, 6.07) is 13.7. The van der Waals surface area contributed by atoms with Crippen molar-refractivity contribution in [1.29, 1.82) is 0 Å². The van der Waals surface area contributed by atoms with Gasteiger partial charge < -0.3 is 5.32 Å². The third-order valence-electron chi connectivity index (χ3n) is 5.23. The lowest BCUT2D eigenvalue weighted by Gasteiger charge is -2.15. The summed E-state index contributed by atoms with van der Waals surface area (Å²) < 4.78 is 30.2. The van der Waals surface area contributed by atoms with Gasteiger partial charge in [0.05, 0.1) is 10.6 Å². The highest BCUT2D eigenvalue weighted by Crippen LogP contribution is 2.20. The van der Waals surface area contributed by atoms with E-state index >= 15 is 0 Å². The summed E-state index contributed by atoms with van der Waals surface area (Å²) in [7, 11) is -3.82. The molecule has 0 saturated heterocycles. The number of carbonyl (C=O) groups excluding carboxylic acids is 1. The van der Waals surface area contributed by atoms with E-state index in [0.717, 1.165) is 17.0 Å². The topological polar surface area (TPSA) is 93.1 Å². The fourth-order valence-electron chi connectivity index (χ4n) is 3.52. The summed E-state index contributed by atoms with van der Waals surface area (Å²) >= 11 is 0. The van der Waals surface area contributed by atoms with Crippen LogP contribution >= 0.6 is 0 Å². The Morgan fingerprint density at radius 3 is 2.47 bits per heavy atom. The van der Waals surface area contributed by atoms with Gasteiger partial charge in [0, 0.05) is 30.0 Å². The molecule has 170 valence electrons. The second-order valence-corrected chi connectivity index (χ2v) is 10.1. The van der Waals surface area contributed by atoms with Crippen molar-refractivity contribution in [3.8, 4) is 0 Å². The van der Waals surface area contributed by atoms with Crippen LogP contribution in [0.3, 0.4) is 0 Å². The number of anilines is 1. The monoisotopic (exact) mass is 454 g/mol. The van der Waals surface area contributed by atoms with Crippen LogP contribution in [0.25, 0.3) is 0 Å². The number of hydrogen-bond donors (Lipinski definition) is 2. The standard InChI is InChI=1S/C24H30N4O3S/c1-16-7-6-8-21(11-16)27-32(30,31)22-10-9-18(3)23(13-22)24(29)25-14-17(2)15-28-20(5)12-19(4)26-28/h6-13,17,27H,14-15H2,1-5H3,(H,25,29). The van der Waals surface area contributed by atoms with Gasteiger partial charge in [-0.3, -0.25) is 14.2 Å². The minimum absolute atomic E-state index is 0.0467. The van der Waals surface area contributed by atoms with Gasteiger partial charge in [-0.15, -0.1) is 0 Å². The Balaban J connectivity index is 1.70. The van der Waals surface area contributed by atoms with E-state index in [1.165, 1.54) is 12.1 Å². The third-order valence-corrected chi connectivity index (χ3v) is 6.61. The van der Waals surface area contributed by atoms with Gasteiger partial charge >= 0.3 is 0 Å². The first-order chi connectivity index (χ1) is 15.0. The van der Waals surface area contributed by atoms with Crippen molar-refractivity contribution in [1.82, 2.24) is 15.1 Å². The van der Waals surface area contributed by atoms with E-state index in [0.29, 0.717) is 29.9 Å². The predicted molar refractivity (Wildman–Crippen MR) is 126 cm³/mol. The highest BCUT2D eigenvalue weighted by Gasteiger charge is 2.19. The van der Waals surface area contributed by atoms with Gasteiger partial charge in [0.15, 0.2) is 0 Å². The molecule has 2 N–H and O–H groups in total. The van der Waals surface area contributed by atoms with Crippen LogP contribution in [-0.4, -0.2) is 30.7 Å². The Labute approximate surface area is 189 Å². The Morgan fingerprint density at radius 1 is 1.06 bits per heavy atom. The van der Waals surface area contributed by atoms with Gasteiger partial charge in [0.2, 0.25) is 0 Å². The molecule has 1 amide bonds. The Hall–Kier alpha value is -3.13. The van der Waals surface area contributed by atoms with Crippen molar-refractivity contribution in [2.75, 3.05) is 11.3 Å². The van der Waals surface area contributed by atoms with Crippen molar-refractivity contribution in [3.63, 3.8) is 0 Å². The summed E-state index contributed by atoms with van der Waals surface area (Å²) in [6.07, 6.45) is 0. The molecule has 0 aliphatic carbocycles. The number of aryl methyl sites for hydroxylation is 4. The molecule has 0 bridgehead atoms. The number of sulfonamides is 1. The zero-order valence-electron chi connectivity index (χ0n) is 19.1. The minimum Gasteiger partial charge on any atom is -0.352 e. The average Bonchev–Trinajstić information content (AvgIpc) is 3.02. The van der Waals surface area contributed by atoms with Gasteiger partial charge in [-0.05, 0) is 75.1 Å². The number of hydrogen-bond acceptors (Lipinski definition) is 4. The summed E-state index contributed by atoms with van der Waals surface area (Å²) in [5.74, 6) is -0.137. The minimum atomic E-state index is -3.82. The number of aromatic nitrogens is 2. The zero-order valence-corrected chi connectivity index (χ0v) is 20.0. The lowest BCUT2D eigenvalue weighted by atomic mass is 10.1. The van der Waals surface area contributed by atoms with Gasteiger partial charge in [0.1, 0.15) is 0 Å². The molecule has 0 aliphatic rings. The van der Waals surface area contributed by atoms with Crippen LogP contribution in [0, 0.1) is 33.6 Å². The molecule has 3 rings (SSSR count). The predicted octanol–water partition coefficient (Wildman–Crippen LogP) is 3.98. The summed E-state index contributed by atoms with van der Waals surface area (Å²) in [6.45, 7) is 10.8. The number of amides is 1. The molecular formula is C24H30N4O3S. The second kappa shape index (κ2) is 9.56. The molecule has 7 nitrogen and oxygen atoms in total. The molecule has 2 aromatic carbocycles. The number of benzene rings is 2. The number of carbonyl (C=O) groups is 1. The average molecular weight is 455 g/mol. The molecule has 0 spiro atoms. The highest BCUT2D eigenvalue weighted by molar-refractivity contribution is 7.92. The molecule has 1 heterocycles. The summed E-state index contributed by atoms with van der Waals surface area (Å²) in [5, 5.41) is 7.38. The first-order valence-electron chi connectivity index (χ1n) is 10.5. The Kier molecular flexibility index (Phi) is 7.03. The molecule has 8 heteroatoms. The first-order valence-corrected chi connectivity index (χ1v) is 12.0. The fourth-order valence-corrected chi connectivity index (χ4v) is 4.59. The van der Waals surface area contributed by atoms with E-state index < -0.39 is 10.0 Å². The van der Waals surface area contributed by atoms with E-state index in [2.05, 4.69) is 15.1 Å². The van der Waals surface area contributed by atoms with Crippen molar-refractivity contribution >= 4 is 21.6 Å². The molecule has 32 heavy (non-hydrogen) atoms. The normalized spacial score (nSPS) is 12.4. The summed E-state index contributed by atoms with van der Waals surface area (Å²) in [4.78, 5) is 12.9. The maximum atomic E-state index is 12.8. The third kappa shape index (κ3) is 5.76. The molecule has 1 aromatic heterocycles. The number of nitrogens with zero attached hydrogens (tertiary/aromatic N) is 2. The van der Waals surface area contributed by atoms with E-state index in [4.69, 9.17) is 0 Å². The molecule has 3 aromatic rings. The van der Waals surface area contributed by atoms with Gasteiger partial charge in [0.25, 0.3) is 15.9 Å². The lowest BCUT2D eigenvalue weighted by molar-refractivity contribution is 0.0945. The SMILES string of the molecule is Cc1cccc(NS(=O)(=O)c2ccc(C)c(C(=O)NCC(C)Cn3nc(C)cc3C)c2)c1. The largest absolute Gasteiger partial charge is 0.352 e. The van der Waals surface area contributed by atoms with Gasteiger partial charge in [-0.25, -0.2) is 8.42 Å². The first kappa shape index (κ1) is 23.5. The number of rotatable bonds is 8. The van der Waals surface area contributed by atoms with Crippen LogP contribution in [0.2, 0.25) is 0 Å². The van der Waals surface area contributed by atoms with E-state index in [1.807, 2.05) is 44.5 Å². The van der Waals surface area contributed by atoms with Gasteiger partial charge in [-0.2, -0.15) is 5.10 Å². The Morgan fingerprint density at radius 2 is 1.81 bits per heavy atom. The molecule has 1 unspecified atom stereocenters. The van der Waals surface area contributed by atoms with Crippen LogP contribution in [0.5, 0.6) is 0 Å². The van der Waals surface area contributed by atoms with Crippen LogP contribution in [-0.2, 0) is 16.6 Å². The van der Waals surface area contributed by atoms with Crippen LogP contribution in [0.4, 0.5) is 5.69 Å². The lowest BCUT2D eigenvalue weighted by Crippen LogP contribution is -2.31. The van der Waals surface area contributed by atoms with Crippen LogP contribution in [0.1, 0.15) is 39.8 Å². The van der Waals surface area contributed by atoms with Crippen molar-refractivity contribution < 1.29 is 13.2 Å². The van der Waals surface area contributed by atoms with Crippen molar-refractivity contribution in [2.24, 2.45) is 5.92 Å².